The van der Waals surface area contributed by atoms with Crippen molar-refractivity contribution >= 4 is 27.8 Å². The average molecular weight is 358 g/mol. The summed E-state index contributed by atoms with van der Waals surface area (Å²) in [5.74, 6) is -1.53. The minimum absolute atomic E-state index is 0.259. The van der Waals surface area contributed by atoms with Gasteiger partial charge in [0.2, 0.25) is 0 Å². The molecule has 0 saturated carbocycles. The van der Waals surface area contributed by atoms with Gasteiger partial charge < -0.3 is 10.0 Å². The highest BCUT2D eigenvalue weighted by Crippen LogP contribution is 2.35. The zero-order valence-electron chi connectivity index (χ0n) is 11.7. The van der Waals surface area contributed by atoms with Crippen molar-refractivity contribution in [2.24, 2.45) is 5.41 Å². The lowest BCUT2D eigenvalue weighted by Crippen LogP contribution is -2.46. The first-order chi connectivity index (χ1) is 9.88. The fourth-order valence-corrected chi connectivity index (χ4v) is 3.18. The number of likely N-dealkylation sites (tertiary alicyclic amines) is 1. The monoisotopic (exact) mass is 357 g/mol. The van der Waals surface area contributed by atoms with E-state index in [0.29, 0.717) is 36.8 Å². The molecule has 0 aromatic heterocycles. The Morgan fingerprint density at radius 1 is 1.33 bits per heavy atom. The average Bonchev–Trinajstić information content (AvgIpc) is 2.45. The quantitative estimate of drug-likeness (QED) is 0.902. The number of aliphatic carboxylic acids is 1. The van der Waals surface area contributed by atoms with Crippen LogP contribution in [-0.2, 0) is 4.79 Å². The van der Waals surface area contributed by atoms with Gasteiger partial charge in [-0.2, -0.15) is 0 Å². The maximum absolute atomic E-state index is 13.4. The van der Waals surface area contributed by atoms with Crippen LogP contribution in [0.4, 0.5) is 4.39 Å². The Hall–Kier alpha value is -1.43. The van der Waals surface area contributed by atoms with Gasteiger partial charge in [0.25, 0.3) is 5.91 Å². The number of halogens is 2. The highest BCUT2D eigenvalue weighted by Gasteiger charge is 2.40. The van der Waals surface area contributed by atoms with Crippen LogP contribution in [0.15, 0.2) is 22.7 Å². The lowest BCUT2D eigenvalue weighted by atomic mass is 9.76. The van der Waals surface area contributed by atoms with Gasteiger partial charge >= 0.3 is 5.97 Å². The van der Waals surface area contributed by atoms with Crippen LogP contribution in [0, 0.1) is 11.2 Å². The SMILES string of the molecule is CCC1(C(=O)O)CCN(C(=O)c2cc(F)cc(Br)c2)CC1. The van der Waals surface area contributed by atoms with E-state index in [2.05, 4.69) is 15.9 Å². The number of hydrogen-bond acceptors (Lipinski definition) is 2. The van der Waals surface area contributed by atoms with Crippen LogP contribution in [0.2, 0.25) is 0 Å². The summed E-state index contributed by atoms with van der Waals surface area (Å²) in [7, 11) is 0. The van der Waals surface area contributed by atoms with Gasteiger partial charge in [-0.15, -0.1) is 0 Å². The minimum atomic E-state index is -0.800. The van der Waals surface area contributed by atoms with E-state index in [9.17, 15) is 19.1 Å². The van der Waals surface area contributed by atoms with Crippen LogP contribution in [0.25, 0.3) is 0 Å². The van der Waals surface area contributed by atoms with E-state index in [1.165, 1.54) is 12.1 Å². The van der Waals surface area contributed by atoms with Gasteiger partial charge in [0.05, 0.1) is 5.41 Å². The first-order valence-corrected chi connectivity index (χ1v) is 7.66. The van der Waals surface area contributed by atoms with Gasteiger partial charge in [-0.25, -0.2) is 4.39 Å². The van der Waals surface area contributed by atoms with Crippen LogP contribution >= 0.6 is 15.9 Å². The summed E-state index contributed by atoms with van der Waals surface area (Å²) in [5, 5.41) is 9.34. The lowest BCUT2D eigenvalue weighted by Gasteiger charge is -2.38. The highest BCUT2D eigenvalue weighted by molar-refractivity contribution is 9.10. The molecule has 0 radical (unpaired) electrons. The topological polar surface area (TPSA) is 57.6 Å². The largest absolute Gasteiger partial charge is 0.481 e. The van der Waals surface area contributed by atoms with Gasteiger partial charge in [0, 0.05) is 23.1 Å². The standard InChI is InChI=1S/C15H17BrFNO3/c1-2-15(14(20)21)3-5-18(6-4-15)13(19)10-7-11(16)9-12(17)8-10/h7-9H,2-6H2,1H3,(H,20,21). The van der Waals surface area contributed by atoms with Crippen molar-refractivity contribution in [3.8, 4) is 0 Å². The molecule has 0 spiro atoms. The Morgan fingerprint density at radius 2 is 1.95 bits per heavy atom. The van der Waals surface area contributed by atoms with Crippen LogP contribution in [0.5, 0.6) is 0 Å². The second kappa shape index (κ2) is 6.13. The van der Waals surface area contributed by atoms with Gasteiger partial charge in [-0.05, 0) is 37.5 Å². The number of carbonyl (C=O) groups is 2. The maximum Gasteiger partial charge on any atom is 0.309 e. The molecule has 114 valence electrons. The smallest absolute Gasteiger partial charge is 0.309 e. The molecule has 2 rings (SSSR count). The van der Waals surface area contributed by atoms with Crippen molar-refractivity contribution in [1.82, 2.24) is 4.90 Å². The van der Waals surface area contributed by atoms with Crippen molar-refractivity contribution in [3.05, 3.63) is 34.1 Å². The van der Waals surface area contributed by atoms with E-state index in [0.717, 1.165) is 0 Å². The molecule has 1 aromatic carbocycles. The van der Waals surface area contributed by atoms with E-state index >= 15 is 0 Å². The maximum atomic E-state index is 13.4. The predicted molar refractivity (Wildman–Crippen MR) is 79.6 cm³/mol. The first-order valence-electron chi connectivity index (χ1n) is 6.87. The summed E-state index contributed by atoms with van der Waals surface area (Å²) in [6, 6.07) is 4.07. The Bertz CT molecular complexity index is 548. The molecule has 0 aliphatic carbocycles. The van der Waals surface area contributed by atoms with E-state index in [-0.39, 0.29) is 11.5 Å². The van der Waals surface area contributed by atoms with E-state index in [4.69, 9.17) is 0 Å². The van der Waals surface area contributed by atoms with Gasteiger partial charge in [0.15, 0.2) is 0 Å². The van der Waals surface area contributed by atoms with Gasteiger partial charge in [-0.3, -0.25) is 9.59 Å². The molecule has 4 nitrogen and oxygen atoms in total. The Kier molecular flexibility index (Phi) is 4.66. The fraction of sp³-hybridized carbons (Fsp3) is 0.467. The molecule has 1 aliphatic rings. The molecular weight excluding hydrogens is 341 g/mol. The van der Waals surface area contributed by atoms with Crippen LogP contribution in [-0.4, -0.2) is 35.0 Å². The molecule has 1 amide bonds. The van der Waals surface area contributed by atoms with E-state index in [1.807, 2.05) is 6.92 Å². The summed E-state index contributed by atoms with van der Waals surface area (Å²) in [6.45, 7) is 2.62. The molecule has 1 aliphatic heterocycles. The summed E-state index contributed by atoms with van der Waals surface area (Å²) in [4.78, 5) is 25.3. The second-order valence-electron chi connectivity index (χ2n) is 5.39. The highest BCUT2D eigenvalue weighted by atomic mass is 79.9. The second-order valence-corrected chi connectivity index (χ2v) is 6.31. The normalized spacial score (nSPS) is 17.6. The van der Waals surface area contributed by atoms with Crippen molar-refractivity contribution in [2.45, 2.75) is 26.2 Å². The number of hydrogen-bond donors (Lipinski definition) is 1. The van der Waals surface area contributed by atoms with Gasteiger partial charge in [-0.1, -0.05) is 22.9 Å². The molecular formula is C15H17BrFNO3. The third-order valence-electron chi connectivity index (χ3n) is 4.25. The fourth-order valence-electron chi connectivity index (χ4n) is 2.72. The number of nitrogens with zero attached hydrogens (tertiary/aromatic N) is 1. The summed E-state index contributed by atoms with van der Waals surface area (Å²) in [6.07, 6.45) is 1.41. The molecule has 1 N–H and O–H groups in total. The molecule has 6 heteroatoms. The molecule has 0 bridgehead atoms. The number of piperidine rings is 1. The van der Waals surface area contributed by atoms with Crippen molar-refractivity contribution in [2.75, 3.05) is 13.1 Å². The Balaban J connectivity index is 2.11. The predicted octanol–water partition coefficient (Wildman–Crippen LogP) is 3.31. The summed E-state index contributed by atoms with van der Waals surface area (Å²) >= 11 is 3.17. The van der Waals surface area contributed by atoms with Crippen LogP contribution in [0.3, 0.4) is 0 Å². The zero-order valence-corrected chi connectivity index (χ0v) is 13.3. The van der Waals surface area contributed by atoms with Crippen molar-refractivity contribution in [3.63, 3.8) is 0 Å². The number of carboxylic acids is 1. The molecule has 1 aromatic rings. The zero-order chi connectivity index (χ0) is 15.6. The molecule has 0 atom stereocenters. The number of benzene rings is 1. The lowest BCUT2D eigenvalue weighted by molar-refractivity contribution is -0.152. The number of amides is 1. The van der Waals surface area contributed by atoms with Crippen molar-refractivity contribution in [1.29, 1.82) is 0 Å². The molecule has 1 fully saturated rings. The Labute approximate surface area is 131 Å². The molecule has 1 heterocycles. The van der Waals surface area contributed by atoms with Crippen LogP contribution < -0.4 is 0 Å². The third-order valence-corrected chi connectivity index (χ3v) is 4.71. The Morgan fingerprint density at radius 3 is 2.43 bits per heavy atom. The summed E-state index contributed by atoms with van der Waals surface area (Å²) in [5.41, 5.74) is -0.458. The van der Waals surface area contributed by atoms with E-state index < -0.39 is 17.2 Å². The number of carboxylic acid groups (broad SMARTS) is 1. The first kappa shape index (κ1) is 15.9. The molecule has 0 unspecified atom stereocenters. The van der Waals surface area contributed by atoms with E-state index in [1.54, 1.807) is 11.0 Å². The van der Waals surface area contributed by atoms with Crippen LogP contribution in [0.1, 0.15) is 36.5 Å². The summed E-state index contributed by atoms with van der Waals surface area (Å²) < 4.78 is 13.9. The number of carbonyl (C=O) groups excluding carboxylic acids is 1. The van der Waals surface area contributed by atoms with Gasteiger partial charge in [0.1, 0.15) is 5.82 Å². The number of rotatable bonds is 3. The molecule has 21 heavy (non-hydrogen) atoms. The molecule has 1 saturated heterocycles. The third kappa shape index (κ3) is 3.26. The van der Waals surface area contributed by atoms with Crippen molar-refractivity contribution < 1.29 is 19.1 Å². The minimum Gasteiger partial charge on any atom is -0.481 e.